The van der Waals surface area contributed by atoms with Crippen LogP contribution in [0.5, 0.6) is 0 Å². The van der Waals surface area contributed by atoms with Gasteiger partial charge in [0.05, 0.1) is 0 Å². The molecule has 0 radical (unpaired) electrons. The molecule has 1 saturated heterocycles. The molecule has 1 aliphatic rings. The number of hydrogen-bond acceptors (Lipinski definition) is 4. The number of fused-ring (bicyclic) bond motifs is 1. The molecule has 1 aromatic heterocycles. The number of nitrogens with zero attached hydrogens (tertiary/aromatic N) is 1. The predicted molar refractivity (Wildman–Crippen MR) is 94.0 cm³/mol. The normalized spacial score (nSPS) is 14.7. The molecule has 3 rings (SSSR count). The Labute approximate surface area is 142 Å². The fourth-order valence-corrected chi connectivity index (χ4v) is 2.37. The summed E-state index contributed by atoms with van der Waals surface area (Å²) in [7, 11) is 0. The SMILES string of the molecule is CC(C)(C)OC=O.O=C(c1cc2ccccc2[nH]1)N1CCNCC1. The summed E-state index contributed by atoms with van der Waals surface area (Å²) in [5, 5.41) is 4.33. The first-order valence-corrected chi connectivity index (χ1v) is 8.10. The Morgan fingerprint density at radius 1 is 1.21 bits per heavy atom. The molecule has 2 N–H and O–H groups in total. The van der Waals surface area contributed by atoms with Gasteiger partial charge in [0.2, 0.25) is 0 Å². The molecule has 24 heavy (non-hydrogen) atoms. The molecule has 0 atom stereocenters. The Morgan fingerprint density at radius 3 is 2.42 bits per heavy atom. The Kier molecular flexibility index (Phi) is 5.98. The maximum Gasteiger partial charge on any atom is 0.293 e. The van der Waals surface area contributed by atoms with Gasteiger partial charge in [0.1, 0.15) is 11.3 Å². The van der Waals surface area contributed by atoms with Crippen molar-refractivity contribution in [3.8, 4) is 0 Å². The van der Waals surface area contributed by atoms with E-state index in [0.29, 0.717) is 12.2 Å². The fourth-order valence-electron chi connectivity index (χ4n) is 2.37. The smallest absolute Gasteiger partial charge is 0.293 e. The van der Waals surface area contributed by atoms with Gasteiger partial charge in [0.15, 0.2) is 0 Å². The van der Waals surface area contributed by atoms with Crippen molar-refractivity contribution in [2.24, 2.45) is 0 Å². The Bertz CT molecular complexity index is 649. The summed E-state index contributed by atoms with van der Waals surface area (Å²) in [4.78, 5) is 26.9. The maximum atomic E-state index is 12.2. The van der Waals surface area contributed by atoms with Crippen LogP contribution in [-0.2, 0) is 9.53 Å². The third-order valence-electron chi connectivity index (χ3n) is 3.57. The number of piperazine rings is 1. The van der Waals surface area contributed by atoms with Crippen LogP contribution in [0.3, 0.4) is 0 Å². The molecule has 1 fully saturated rings. The van der Waals surface area contributed by atoms with E-state index in [-0.39, 0.29) is 11.5 Å². The highest BCUT2D eigenvalue weighted by Gasteiger charge is 2.19. The van der Waals surface area contributed by atoms with Crippen molar-refractivity contribution in [3.05, 3.63) is 36.0 Å². The summed E-state index contributed by atoms with van der Waals surface area (Å²) in [6.45, 7) is 9.25. The summed E-state index contributed by atoms with van der Waals surface area (Å²) >= 11 is 0. The number of benzene rings is 1. The van der Waals surface area contributed by atoms with Gasteiger partial charge in [-0.15, -0.1) is 0 Å². The number of aromatic nitrogens is 1. The number of H-pyrrole nitrogens is 1. The van der Waals surface area contributed by atoms with Crippen molar-refractivity contribution in [2.75, 3.05) is 26.2 Å². The highest BCUT2D eigenvalue weighted by molar-refractivity contribution is 5.98. The zero-order valence-corrected chi connectivity index (χ0v) is 14.5. The first-order valence-electron chi connectivity index (χ1n) is 8.10. The second-order valence-corrected chi connectivity index (χ2v) is 6.64. The van der Waals surface area contributed by atoms with Gasteiger partial charge in [0, 0.05) is 37.1 Å². The largest absolute Gasteiger partial charge is 0.462 e. The first kappa shape index (κ1) is 18.0. The quantitative estimate of drug-likeness (QED) is 0.827. The van der Waals surface area contributed by atoms with E-state index in [1.807, 2.05) is 56.0 Å². The molecular weight excluding hydrogens is 306 g/mol. The summed E-state index contributed by atoms with van der Waals surface area (Å²) in [6.07, 6.45) is 0. The van der Waals surface area contributed by atoms with E-state index >= 15 is 0 Å². The van der Waals surface area contributed by atoms with E-state index in [1.54, 1.807) is 0 Å². The second kappa shape index (κ2) is 7.97. The Balaban J connectivity index is 0.000000256. The summed E-state index contributed by atoms with van der Waals surface area (Å²) < 4.78 is 4.55. The molecule has 0 bridgehead atoms. The van der Waals surface area contributed by atoms with Crippen molar-refractivity contribution >= 4 is 23.3 Å². The van der Waals surface area contributed by atoms with E-state index in [2.05, 4.69) is 15.0 Å². The lowest BCUT2D eigenvalue weighted by Crippen LogP contribution is -2.46. The van der Waals surface area contributed by atoms with Crippen LogP contribution < -0.4 is 5.32 Å². The lowest BCUT2D eigenvalue weighted by atomic mass is 10.2. The van der Waals surface area contributed by atoms with E-state index < -0.39 is 0 Å². The number of carbonyl (C=O) groups excluding carboxylic acids is 2. The molecule has 6 nitrogen and oxygen atoms in total. The molecule has 1 aromatic carbocycles. The van der Waals surface area contributed by atoms with Crippen molar-refractivity contribution < 1.29 is 14.3 Å². The molecule has 0 aliphatic carbocycles. The van der Waals surface area contributed by atoms with Crippen molar-refractivity contribution in [3.63, 3.8) is 0 Å². The van der Waals surface area contributed by atoms with Gasteiger partial charge in [-0.1, -0.05) is 18.2 Å². The molecule has 0 unspecified atom stereocenters. The summed E-state index contributed by atoms with van der Waals surface area (Å²) in [5.74, 6) is 0.0997. The van der Waals surface area contributed by atoms with Crippen LogP contribution in [0, 0.1) is 0 Å². The van der Waals surface area contributed by atoms with E-state index in [4.69, 9.17) is 0 Å². The third-order valence-corrected chi connectivity index (χ3v) is 3.57. The zero-order valence-electron chi connectivity index (χ0n) is 14.5. The van der Waals surface area contributed by atoms with Crippen molar-refractivity contribution in [2.45, 2.75) is 26.4 Å². The molecule has 2 aromatic rings. The summed E-state index contributed by atoms with van der Waals surface area (Å²) in [6, 6.07) is 9.89. The van der Waals surface area contributed by atoms with Crippen molar-refractivity contribution in [1.29, 1.82) is 0 Å². The van der Waals surface area contributed by atoms with E-state index in [9.17, 15) is 9.59 Å². The number of amides is 1. The van der Waals surface area contributed by atoms with Gasteiger partial charge in [-0.25, -0.2) is 0 Å². The highest BCUT2D eigenvalue weighted by Crippen LogP contribution is 2.16. The highest BCUT2D eigenvalue weighted by atomic mass is 16.5. The number of hydrogen-bond donors (Lipinski definition) is 2. The van der Waals surface area contributed by atoms with Crippen LogP contribution in [0.15, 0.2) is 30.3 Å². The van der Waals surface area contributed by atoms with Crippen LogP contribution in [0.1, 0.15) is 31.3 Å². The van der Waals surface area contributed by atoms with Crippen LogP contribution in [0.25, 0.3) is 10.9 Å². The Morgan fingerprint density at radius 2 is 1.88 bits per heavy atom. The van der Waals surface area contributed by atoms with Gasteiger partial charge in [0.25, 0.3) is 12.4 Å². The molecule has 0 spiro atoms. The monoisotopic (exact) mass is 331 g/mol. The number of rotatable bonds is 2. The average molecular weight is 331 g/mol. The van der Waals surface area contributed by atoms with Crippen molar-refractivity contribution in [1.82, 2.24) is 15.2 Å². The predicted octanol–water partition coefficient (Wildman–Crippen LogP) is 2.17. The number of ether oxygens (including phenoxy) is 1. The summed E-state index contributed by atoms with van der Waals surface area (Å²) in [5.41, 5.74) is 1.39. The molecular formula is C18H25N3O3. The molecule has 1 amide bonds. The van der Waals surface area contributed by atoms with Crippen LogP contribution in [-0.4, -0.2) is 54.0 Å². The second-order valence-electron chi connectivity index (χ2n) is 6.64. The van der Waals surface area contributed by atoms with Crippen LogP contribution >= 0.6 is 0 Å². The maximum absolute atomic E-state index is 12.2. The number of para-hydroxylation sites is 1. The molecule has 2 heterocycles. The molecule has 6 heteroatoms. The number of carbonyl (C=O) groups is 2. The lowest BCUT2D eigenvalue weighted by molar-refractivity contribution is -0.138. The number of nitrogens with one attached hydrogen (secondary N) is 2. The molecule has 1 aliphatic heterocycles. The minimum Gasteiger partial charge on any atom is -0.462 e. The Hall–Kier alpha value is -2.34. The fraction of sp³-hybridized carbons (Fsp3) is 0.444. The third kappa shape index (κ3) is 5.09. The lowest BCUT2D eigenvalue weighted by Gasteiger charge is -2.26. The zero-order chi connectivity index (χ0) is 17.6. The average Bonchev–Trinajstić information content (AvgIpc) is 2.98. The van der Waals surface area contributed by atoms with Crippen LogP contribution in [0.4, 0.5) is 0 Å². The molecule has 0 saturated carbocycles. The van der Waals surface area contributed by atoms with Gasteiger partial charge in [-0.05, 0) is 32.9 Å². The first-order chi connectivity index (χ1) is 11.4. The standard InChI is InChI=1S/C13H15N3O.C5H10O2/c17-13(16-7-5-14-6-8-16)12-9-10-3-1-2-4-11(10)15-12;1-5(2,3)7-4-6/h1-4,9,14-15H,5-8H2;4H,1-3H3. The van der Waals surface area contributed by atoms with Gasteiger partial charge < -0.3 is 19.9 Å². The van der Waals surface area contributed by atoms with Gasteiger partial charge in [-0.3, -0.25) is 9.59 Å². The van der Waals surface area contributed by atoms with E-state index in [0.717, 1.165) is 37.1 Å². The van der Waals surface area contributed by atoms with Gasteiger partial charge >= 0.3 is 0 Å². The minimum absolute atomic E-state index is 0.0997. The van der Waals surface area contributed by atoms with E-state index in [1.165, 1.54) is 0 Å². The minimum atomic E-state index is -0.318. The topological polar surface area (TPSA) is 74.4 Å². The van der Waals surface area contributed by atoms with Crippen LogP contribution in [0.2, 0.25) is 0 Å². The molecule has 130 valence electrons. The number of aromatic amines is 1. The van der Waals surface area contributed by atoms with Gasteiger partial charge in [-0.2, -0.15) is 0 Å².